The minimum Gasteiger partial charge on any atom is -0.398 e. The van der Waals surface area contributed by atoms with E-state index in [-0.39, 0.29) is 5.82 Å². The molecule has 4 heteroatoms. The highest BCUT2D eigenvalue weighted by molar-refractivity contribution is 7.15. The lowest BCUT2D eigenvalue weighted by Gasteiger charge is -2.03. The highest BCUT2D eigenvalue weighted by Gasteiger charge is 2.08. The number of halogens is 2. The van der Waals surface area contributed by atoms with E-state index in [1.165, 1.54) is 23.5 Å². The van der Waals surface area contributed by atoms with Crippen molar-refractivity contribution in [3.05, 3.63) is 39.8 Å². The van der Waals surface area contributed by atoms with E-state index in [1.54, 1.807) is 6.07 Å². The minimum absolute atomic E-state index is 0.336. The number of nitrogens with two attached hydrogens (primary N) is 1. The number of thiophene rings is 1. The van der Waals surface area contributed by atoms with Crippen LogP contribution in [-0.2, 0) is 0 Å². The van der Waals surface area contributed by atoms with Crippen molar-refractivity contribution in [1.29, 1.82) is 0 Å². The van der Waals surface area contributed by atoms with E-state index in [0.717, 1.165) is 11.1 Å². The number of nitrogen functional groups attached to an aromatic ring is 1. The summed E-state index contributed by atoms with van der Waals surface area (Å²) < 4.78 is 13.4. The fourth-order valence-electron chi connectivity index (χ4n) is 1.27. The first-order valence-corrected chi connectivity index (χ1v) is 5.22. The maximum Gasteiger partial charge on any atom is 0.125 e. The molecule has 72 valence electrons. The number of anilines is 1. The van der Waals surface area contributed by atoms with Crippen molar-refractivity contribution in [2.75, 3.05) is 5.73 Å². The molecule has 0 fully saturated rings. The lowest BCUT2D eigenvalue weighted by atomic mass is 10.1. The summed E-state index contributed by atoms with van der Waals surface area (Å²) in [5.41, 5.74) is 7.73. The summed E-state index contributed by atoms with van der Waals surface area (Å²) >= 11 is 7.38. The first-order chi connectivity index (χ1) is 6.68. The quantitative estimate of drug-likeness (QED) is 0.737. The zero-order valence-electron chi connectivity index (χ0n) is 7.13. The standard InChI is InChI=1S/C10H7ClFNS/c11-10-8(3-4-14-10)7-2-1-6(12)5-9(7)13/h1-5H,13H2. The van der Waals surface area contributed by atoms with Gasteiger partial charge in [0, 0.05) is 16.8 Å². The summed E-state index contributed by atoms with van der Waals surface area (Å²) in [5.74, 6) is -0.336. The van der Waals surface area contributed by atoms with E-state index in [9.17, 15) is 4.39 Å². The van der Waals surface area contributed by atoms with Gasteiger partial charge in [-0.25, -0.2) is 4.39 Å². The van der Waals surface area contributed by atoms with Crippen LogP contribution < -0.4 is 5.73 Å². The molecule has 0 saturated heterocycles. The normalized spacial score (nSPS) is 10.4. The predicted molar refractivity (Wildman–Crippen MR) is 59.1 cm³/mol. The van der Waals surface area contributed by atoms with Crippen molar-refractivity contribution in [1.82, 2.24) is 0 Å². The van der Waals surface area contributed by atoms with Crippen LogP contribution in [0.1, 0.15) is 0 Å². The van der Waals surface area contributed by atoms with Crippen LogP contribution in [0.4, 0.5) is 10.1 Å². The van der Waals surface area contributed by atoms with Gasteiger partial charge in [0.1, 0.15) is 10.2 Å². The Balaban J connectivity index is 2.58. The van der Waals surface area contributed by atoms with Crippen LogP contribution in [0.2, 0.25) is 4.34 Å². The van der Waals surface area contributed by atoms with Gasteiger partial charge in [-0.05, 0) is 29.6 Å². The minimum atomic E-state index is -0.336. The van der Waals surface area contributed by atoms with Gasteiger partial charge in [0.25, 0.3) is 0 Å². The second-order valence-corrected chi connectivity index (χ2v) is 4.36. The molecule has 1 nitrogen and oxygen atoms in total. The summed E-state index contributed by atoms with van der Waals surface area (Å²) in [6.45, 7) is 0. The van der Waals surface area contributed by atoms with E-state index in [2.05, 4.69) is 0 Å². The van der Waals surface area contributed by atoms with Crippen LogP contribution in [-0.4, -0.2) is 0 Å². The Kier molecular flexibility index (Phi) is 2.44. The largest absolute Gasteiger partial charge is 0.398 e. The molecule has 2 aromatic rings. The molecule has 0 unspecified atom stereocenters. The summed E-state index contributed by atoms with van der Waals surface area (Å²) in [5, 5.41) is 1.88. The van der Waals surface area contributed by atoms with Crippen LogP contribution in [0.15, 0.2) is 29.6 Å². The van der Waals surface area contributed by atoms with Crippen LogP contribution in [0.5, 0.6) is 0 Å². The molecular formula is C10H7ClFNS. The number of benzene rings is 1. The Morgan fingerprint density at radius 1 is 1.21 bits per heavy atom. The van der Waals surface area contributed by atoms with Crippen molar-refractivity contribution in [2.45, 2.75) is 0 Å². The summed E-state index contributed by atoms with van der Waals surface area (Å²) in [6, 6.07) is 6.18. The highest BCUT2D eigenvalue weighted by Crippen LogP contribution is 2.35. The van der Waals surface area contributed by atoms with Gasteiger partial charge in [-0.15, -0.1) is 11.3 Å². The molecule has 2 N–H and O–H groups in total. The second kappa shape index (κ2) is 3.59. The first-order valence-electron chi connectivity index (χ1n) is 3.97. The summed E-state index contributed by atoms with van der Waals surface area (Å²) in [7, 11) is 0. The Morgan fingerprint density at radius 3 is 2.57 bits per heavy atom. The molecule has 0 amide bonds. The van der Waals surface area contributed by atoms with Gasteiger partial charge >= 0.3 is 0 Å². The number of hydrogen-bond acceptors (Lipinski definition) is 2. The number of rotatable bonds is 1. The Labute approximate surface area is 89.9 Å². The number of hydrogen-bond donors (Lipinski definition) is 1. The highest BCUT2D eigenvalue weighted by atomic mass is 35.5. The molecule has 1 heterocycles. The van der Waals surface area contributed by atoms with Gasteiger partial charge in [-0.1, -0.05) is 11.6 Å². The third-order valence-corrected chi connectivity index (χ3v) is 3.09. The van der Waals surface area contributed by atoms with E-state index < -0.39 is 0 Å². The third-order valence-electron chi connectivity index (χ3n) is 1.92. The molecule has 2 rings (SSSR count). The molecular weight excluding hydrogens is 221 g/mol. The molecule has 0 saturated carbocycles. The average molecular weight is 228 g/mol. The molecule has 1 aromatic heterocycles. The molecule has 0 spiro atoms. The average Bonchev–Trinajstić information content (AvgIpc) is 2.52. The topological polar surface area (TPSA) is 26.0 Å². The summed E-state index contributed by atoms with van der Waals surface area (Å²) in [4.78, 5) is 0. The SMILES string of the molecule is Nc1cc(F)ccc1-c1ccsc1Cl. The molecule has 0 aliphatic rings. The third kappa shape index (κ3) is 1.61. The van der Waals surface area contributed by atoms with Gasteiger partial charge in [0.05, 0.1) is 0 Å². The summed E-state index contributed by atoms with van der Waals surface area (Å²) in [6.07, 6.45) is 0. The van der Waals surface area contributed by atoms with E-state index >= 15 is 0 Å². The van der Waals surface area contributed by atoms with Crippen LogP contribution in [0.3, 0.4) is 0 Å². The van der Waals surface area contributed by atoms with Crippen LogP contribution in [0, 0.1) is 5.82 Å². The molecule has 14 heavy (non-hydrogen) atoms. The molecule has 1 aromatic carbocycles. The van der Waals surface area contributed by atoms with Crippen LogP contribution >= 0.6 is 22.9 Å². The Bertz CT molecular complexity index is 467. The fourth-order valence-corrected chi connectivity index (χ4v) is 2.21. The van der Waals surface area contributed by atoms with E-state index in [1.807, 2.05) is 11.4 Å². The van der Waals surface area contributed by atoms with E-state index in [4.69, 9.17) is 17.3 Å². The fraction of sp³-hybridized carbons (Fsp3) is 0. The van der Waals surface area contributed by atoms with Gasteiger partial charge in [-0.2, -0.15) is 0 Å². The van der Waals surface area contributed by atoms with E-state index in [0.29, 0.717) is 10.0 Å². The van der Waals surface area contributed by atoms with Crippen molar-refractivity contribution in [3.8, 4) is 11.1 Å². The van der Waals surface area contributed by atoms with Gasteiger partial charge < -0.3 is 5.73 Å². The molecule has 0 aliphatic heterocycles. The Hall–Kier alpha value is -1.06. The van der Waals surface area contributed by atoms with Gasteiger partial charge in [0.15, 0.2) is 0 Å². The second-order valence-electron chi connectivity index (χ2n) is 2.84. The van der Waals surface area contributed by atoms with Crippen molar-refractivity contribution >= 4 is 28.6 Å². The monoisotopic (exact) mass is 227 g/mol. The lowest BCUT2D eigenvalue weighted by Crippen LogP contribution is -1.90. The van der Waals surface area contributed by atoms with Gasteiger partial charge in [0.2, 0.25) is 0 Å². The van der Waals surface area contributed by atoms with Crippen molar-refractivity contribution in [3.63, 3.8) is 0 Å². The Morgan fingerprint density at radius 2 is 2.00 bits per heavy atom. The maximum absolute atomic E-state index is 12.8. The molecule has 0 atom stereocenters. The van der Waals surface area contributed by atoms with Crippen molar-refractivity contribution in [2.24, 2.45) is 0 Å². The van der Waals surface area contributed by atoms with Crippen molar-refractivity contribution < 1.29 is 4.39 Å². The predicted octanol–water partition coefficient (Wildman–Crippen LogP) is 3.79. The van der Waals surface area contributed by atoms with Crippen LogP contribution in [0.25, 0.3) is 11.1 Å². The first kappa shape index (κ1) is 9.49. The zero-order chi connectivity index (χ0) is 10.1. The maximum atomic E-state index is 12.8. The molecule has 0 bridgehead atoms. The molecule has 0 radical (unpaired) electrons. The lowest BCUT2D eigenvalue weighted by molar-refractivity contribution is 0.628. The van der Waals surface area contributed by atoms with Gasteiger partial charge in [-0.3, -0.25) is 0 Å². The zero-order valence-corrected chi connectivity index (χ0v) is 8.70. The molecule has 0 aliphatic carbocycles. The smallest absolute Gasteiger partial charge is 0.125 e.